The average molecular weight is 534 g/mol. The van der Waals surface area contributed by atoms with Crippen LogP contribution < -0.4 is 15.4 Å². The number of nitrogens with zero attached hydrogens (tertiary/aromatic N) is 1. The van der Waals surface area contributed by atoms with E-state index in [0.29, 0.717) is 17.1 Å². The lowest BCUT2D eigenvalue weighted by molar-refractivity contribution is 0.491. The van der Waals surface area contributed by atoms with Gasteiger partial charge in [0, 0.05) is 31.2 Å². The Balaban J connectivity index is 0.00000420. The highest BCUT2D eigenvalue weighted by molar-refractivity contribution is 14.0. The zero-order valence-electron chi connectivity index (χ0n) is 17.0. The van der Waals surface area contributed by atoms with Gasteiger partial charge in [-0.1, -0.05) is 36.4 Å². The van der Waals surface area contributed by atoms with Crippen molar-refractivity contribution in [1.29, 1.82) is 0 Å². The Morgan fingerprint density at radius 1 is 0.966 bits per heavy atom. The molecule has 3 N–H and O–H groups in total. The third-order valence-electron chi connectivity index (χ3n) is 3.78. The molecule has 0 bridgehead atoms. The second-order valence-electron chi connectivity index (χ2n) is 7.33. The van der Waals surface area contributed by atoms with Gasteiger partial charge in [-0.15, -0.1) is 24.0 Å². The standard InChI is InChI=1S/C20H27FN4O2S.HI/c1-20(2,3)25-28(26,27)18-12-8-6-10-16(18)14-24-19(22-4)23-13-15-9-5-7-11-17(15)21;/h5-12,25H,13-14H2,1-4H3,(H2,22,23,24);1H. The first-order valence-corrected chi connectivity index (χ1v) is 10.4. The van der Waals surface area contributed by atoms with Crippen LogP contribution in [0, 0.1) is 5.82 Å². The van der Waals surface area contributed by atoms with E-state index in [9.17, 15) is 12.8 Å². The zero-order chi connectivity index (χ0) is 20.8. The third kappa shape index (κ3) is 7.90. The summed E-state index contributed by atoms with van der Waals surface area (Å²) in [6.45, 7) is 5.88. The Hall–Kier alpha value is -1.72. The van der Waals surface area contributed by atoms with Gasteiger partial charge in [0.1, 0.15) is 5.82 Å². The molecule has 0 aliphatic heterocycles. The molecule has 0 amide bonds. The molecule has 0 aromatic heterocycles. The molecular weight excluding hydrogens is 506 g/mol. The van der Waals surface area contributed by atoms with Crippen molar-refractivity contribution in [3.8, 4) is 0 Å². The lowest BCUT2D eigenvalue weighted by Gasteiger charge is -2.22. The first-order valence-electron chi connectivity index (χ1n) is 8.92. The van der Waals surface area contributed by atoms with E-state index >= 15 is 0 Å². The molecule has 9 heteroatoms. The quantitative estimate of drug-likeness (QED) is 0.302. The molecule has 0 fully saturated rings. The number of aliphatic imine (C=N–C) groups is 1. The minimum atomic E-state index is -3.66. The molecular formula is C20H28FIN4O2S. The van der Waals surface area contributed by atoms with Crippen LogP contribution in [0.15, 0.2) is 58.4 Å². The maximum absolute atomic E-state index is 13.7. The molecule has 0 aliphatic rings. The van der Waals surface area contributed by atoms with Crippen molar-refractivity contribution < 1.29 is 12.8 Å². The summed E-state index contributed by atoms with van der Waals surface area (Å²) in [6, 6.07) is 13.3. The van der Waals surface area contributed by atoms with Gasteiger partial charge in [0.15, 0.2) is 5.96 Å². The van der Waals surface area contributed by atoms with Gasteiger partial charge in [0.05, 0.1) is 4.90 Å². The van der Waals surface area contributed by atoms with Crippen molar-refractivity contribution in [2.24, 2.45) is 4.99 Å². The fraction of sp³-hybridized carbons (Fsp3) is 0.350. The van der Waals surface area contributed by atoms with Crippen molar-refractivity contribution in [1.82, 2.24) is 15.4 Å². The molecule has 0 radical (unpaired) electrons. The van der Waals surface area contributed by atoms with Gasteiger partial charge in [-0.2, -0.15) is 0 Å². The molecule has 0 unspecified atom stereocenters. The zero-order valence-corrected chi connectivity index (χ0v) is 20.1. The van der Waals surface area contributed by atoms with Crippen LogP contribution in [-0.4, -0.2) is 27.0 Å². The number of benzene rings is 2. The summed E-state index contributed by atoms with van der Waals surface area (Å²) in [7, 11) is -2.07. The van der Waals surface area contributed by atoms with E-state index in [2.05, 4.69) is 20.3 Å². The Morgan fingerprint density at radius 2 is 1.48 bits per heavy atom. The number of guanidine groups is 1. The van der Waals surface area contributed by atoms with Gasteiger partial charge in [-0.3, -0.25) is 4.99 Å². The van der Waals surface area contributed by atoms with Crippen molar-refractivity contribution in [3.05, 3.63) is 65.5 Å². The molecule has 0 aliphatic carbocycles. The summed E-state index contributed by atoms with van der Waals surface area (Å²) in [5.74, 6) is 0.148. The Morgan fingerprint density at radius 3 is 2.03 bits per heavy atom. The molecule has 0 atom stereocenters. The summed E-state index contributed by atoms with van der Waals surface area (Å²) >= 11 is 0. The predicted molar refractivity (Wildman–Crippen MR) is 125 cm³/mol. The molecule has 29 heavy (non-hydrogen) atoms. The van der Waals surface area contributed by atoms with E-state index in [1.165, 1.54) is 6.07 Å². The molecule has 0 saturated carbocycles. The smallest absolute Gasteiger partial charge is 0.241 e. The van der Waals surface area contributed by atoms with Crippen molar-refractivity contribution in [2.75, 3.05) is 7.05 Å². The van der Waals surface area contributed by atoms with Crippen molar-refractivity contribution >= 4 is 40.0 Å². The molecule has 2 aromatic carbocycles. The number of halogens is 2. The van der Waals surface area contributed by atoms with Gasteiger partial charge in [0.2, 0.25) is 10.0 Å². The number of rotatable bonds is 6. The minimum absolute atomic E-state index is 0. The second kappa shape index (κ2) is 10.9. The van der Waals surface area contributed by atoms with Crippen LogP contribution in [0.5, 0.6) is 0 Å². The summed E-state index contributed by atoms with van der Waals surface area (Å²) < 4.78 is 41.8. The summed E-state index contributed by atoms with van der Waals surface area (Å²) in [6.07, 6.45) is 0. The van der Waals surface area contributed by atoms with E-state index in [4.69, 9.17) is 0 Å². The largest absolute Gasteiger partial charge is 0.352 e. The highest BCUT2D eigenvalue weighted by Crippen LogP contribution is 2.17. The van der Waals surface area contributed by atoms with Crippen LogP contribution in [0.4, 0.5) is 4.39 Å². The summed E-state index contributed by atoms with van der Waals surface area (Å²) in [5, 5.41) is 6.10. The van der Waals surface area contributed by atoms with Crippen molar-refractivity contribution in [3.63, 3.8) is 0 Å². The molecule has 160 valence electrons. The first kappa shape index (κ1) is 25.3. The number of nitrogens with one attached hydrogen (secondary N) is 3. The minimum Gasteiger partial charge on any atom is -0.352 e. The SMILES string of the molecule is CN=C(NCc1ccccc1F)NCc1ccccc1S(=O)(=O)NC(C)(C)C.I. The number of hydrogen-bond donors (Lipinski definition) is 3. The van der Waals surface area contributed by atoms with Gasteiger partial charge in [-0.05, 0) is 38.5 Å². The highest BCUT2D eigenvalue weighted by Gasteiger charge is 2.24. The van der Waals surface area contributed by atoms with Gasteiger partial charge < -0.3 is 10.6 Å². The topological polar surface area (TPSA) is 82.6 Å². The van der Waals surface area contributed by atoms with Crippen LogP contribution in [0.25, 0.3) is 0 Å². The van der Waals surface area contributed by atoms with Gasteiger partial charge in [-0.25, -0.2) is 17.5 Å². The van der Waals surface area contributed by atoms with E-state index < -0.39 is 15.6 Å². The fourth-order valence-electron chi connectivity index (χ4n) is 2.59. The molecule has 2 aromatic rings. The molecule has 2 rings (SSSR count). The Bertz CT molecular complexity index is 943. The third-order valence-corrected chi connectivity index (χ3v) is 5.64. The van der Waals surface area contributed by atoms with Crippen LogP contribution in [0.1, 0.15) is 31.9 Å². The van der Waals surface area contributed by atoms with Gasteiger partial charge >= 0.3 is 0 Å². The van der Waals surface area contributed by atoms with Crippen LogP contribution in [0.2, 0.25) is 0 Å². The van der Waals surface area contributed by atoms with E-state index in [1.807, 2.05) is 0 Å². The Labute approximate surface area is 189 Å². The maximum atomic E-state index is 13.7. The fourth-order valence-corrected chi connectivity index (χ4v) is 4.25. The lowest BCUT2D eigenvalue weighted by Crippen LogP contribution is -2.41. The number of sulfonamides is 1. The van der Waals surface area contributed by atoms with Crippen LogP contribution in [0.3, 0.4) is 0 Å². The molecule has 6 nitrogen and oxygen atoms in total. The van der Waals surface area contributed by atoms with E-state index in [-0.39, 0.29) is 47.8 Å². The van der Waals surface area contributed by atoms with Crippen LogP contribution in [-0.2, 0) is 23.1 Å². The monoisotopic (exact) mass is 534 g/mol. The average Bonchev–Trinajstić information content (AvgIpc) is 2.61. The van der Waals surface area contributed by atoms with Crippen LogP contribution >= 0.6 is 24.0 Å². The molecule has 0 saturated heterocycles. The highest BCUT2D eigenvalue weighted by atomic mass is 127. The number of hydrogen-bond acceptors (Lipinski definition) is 3. The summed E-state index contributed by atoms with van der Waals surface area (Å²) in [5.41, 5.74) is 0.535. The first-order chi connectivity index (χ1) is 13.1. The van der Waals surface area contributed by atoms with E-state index in [0.717, 1.165) is 0 Å². The second-order valence-corrected chi connectivity index (χ2v) is 8.98. The normalized spacial score (nSPS) is 12.2. The molecule has 0 heterocycles. The summed E-state index contributed by atoms with van der Waals surface area (Å²) in [4.78, 5) is 4.32. The Kier molecular flexibility index (Phi) is 9.50. The predicted octanol–water partition coefficient (Wildman–Crippen LogP) is 3.39. The van der Waals surface area contributed by atoms with E-state index in [1.54, 1.807) is 70.3 Å². The van der Waals surface area contributed by atoms with Gasteiger partial charge in [0.25, 0.3) is 0 Å². The van der Waals surface area contributed by atoms with Crippen molar-refractivity contribution in [2.45, 2.75) is 44.3 Å². The lowest BCUT2D eigenvalue weighted by atomic mass is 10.1. The maximum Gasteiger partial charge on any atom is 0.241 e. The molecule has 0 spiro atoms.